The van der Waals surface area contributed by atoms with Gasteiger partial charge in [-0.1, -0.05) is 11.6 Å². The molecule has 1 heterocycles. The molecule has 1 aliphatic heterocycles. The number of amides is 1. The highest BCUT2D eigenvalue weighted by Crippen LogP contribution is 2.31. The Morgan fingerprint density at radius 3 is 2.81 bits per heavy atom. The van der Waals surface area contributed by atoms with Crippen molar-refractivity contribution >= 4 is 34.8 Å². The Morgan fingerprint density at radius 2 is 2.25 bits per heavy atom. The second-order valence-electron chi connectivity index (χ2n) is 3.86. The number of hydrogen-bond acceptors (Lipinski definition) is 2. The van der Waals surface area contributed by atoms with Crippen LogP contribution in [0.2, 0.25) is 5.02 Å². The largest absolute Gasteiger partial charge is 0.506 e. The maximum absolute atomic E-state index is 11.7. The van der Waals surface area contributed by atoms with Gasteiger partial charge in [-0.3, -0.25) is 4.79 Å². The van der Waals surface area contributed by atoms with E-state index in [0.29, 0.717) is 24.5 Å². The summed E-state index contributed by atoms with van der Waals surface area (Å²) in [5.41, 5.74) is 0.709. The zero-order valence-electron chi connectivity index (χ0n) is 8.49. The van der Waals surface area contributed by atoms with E-state index >= 15 is 0 Å². The standard InChI is InChI=1S/C11H11Cl2NO2/c12-5-7-3-11(16)14(6-7)8-1-2-10(15)9(13)4-8/h1-2,4,7,15H,3,5-6H2. The van der Waals surface area contributed by atoms with Crippen molar-refractivity contribution in [1.29, 1.82) is 0 Å². The zero-order chi connectivity index (χ0) is 11.7. The molecule has 0 aliphatic carbocycles. The van der Waals surface area contributed by atoms with Gasteiger partial charge in [-0.2, -0.15) is 0 Å². The summed E-state index contributed by atoms with van der Waals surface area (Å²) in [6, 6.07) is 4.75. The van der Waals surface area contributed by atoms with E-state index < -0.39 is 0 Å². The first-order chi connectivity index (χ1) is 7.61. The van der Waals surface area contributed by atoms with Gasteiger partial charge >= 0.3 is 0 Å². The van der Waals surface area contributed by atoms with Crippen LogP contribution in [0, 0.1) is 5.92 Å². The lowest BCUT2D eigenvalue weighted by Crippen LogP contribution is -2.24. The summed E-state index contributed by atoms with van der Waals surface area (Å²) in [6.07, 6.45) is 0.474. The number of hydrogen-bond donors (Lipinski definition) is 1. The van der Waals surface area contributed by atoms with Gasteiger partial charge in [0.25, 0.3) is 0 Å². The molecule has 2 rings (SSSR count). The molecule has 5 heteroatoms. The molecule has 0 aromatic heterocycles. The van der Waals surface area contributed by atoms with E-state index in [1.54, 1.807) is 17.0 Å². The molecule has 0 spiro atoms. The van der Waals surface area contributed by atoms with E-state index in [9.17, 15) is 9.90 Å². The van der Waals surface area contributed by atoms with Crippen LogP contribution in [0.4, 0.5) is 5.69 Å². The summed E-state index contributed by atoms with van der Waals surface area (Å²) in [7, 11) is 0. The highest BCUT2D eigenvalue weighted by atomic mass is 35.5. The van der Waals surface area contributed by atoms with Crippen LogP contribution in [0.25, 0.3) is 0 Å². The van der Waals surface area contributed by atoms with E-state index in [1.165, 1.54) is 6.07 Å². The number of aromatic hydroxyl groups is 1. The van der Waals surface area contributed by atoms with Gasteiger partial charge in [-0.15, -0.1) is 11.6 Å². The second-order valence-corrected chi connectivity index (χ2v) is 4.58. The first kappa shape index (κ1) is 11.6. The summed E-state index contributed by atoms with van der Waals surface area (Å²) < 4.78 is 0. The number of phenolic OH excluding ortho intramolecular Hbond substituents is 1. The van der Waals surface area contributed by atoms with Crippen molar-refractivity contribution in [3.63, 3.8) is 0 Å². The van der Waals surface area contributed by atoms with E-state index in [-0.39, 0.29) is 22.6 Å². The van der Waals surface area contributed by atoms with Crippen molar-refractivity contribution in [2.24, 2.45) is 5.92 Å². The normalized spacial score (nSPS) is 20.5. The molecule has 86 valence electrons. The summed E-state index contributed by atoms with van der Waals surface area (Å²) in [6.45, 7) is 0.615. The molecule has 1 N–H and O–H groups in total. The lowest BCUT2D eigenvalue weighted by molar-refractivity contribution is -0.117. The Morgan fingerprint density at radius 1 is 1.50 bits per heavy atom. The Balaban J connectivity index is 2.24. The molecule has 0 bridgehead atoms. The molecule has 0 saturated carbocycles. The molecular weight excluding hydrogens is 249 g/mol. The Hall–Kier alpha value is -0.930. The van der Waals surface area contributed by atoms with Crippen molar-refractivity contribution in [3.05, 3.63) is 23.2 Å². The average molecular weight is 260 g/mol. The van der Waals surface area contributed by atoms with Crippen LogP contribution < -0.4 is 4.90 Å². The lowest BCUT2D eigenvalue weighted by Gasteiger charge is -2.16. The molecule has 1 fully saturated rings. The maximum atomic E-state index is 11.7. The summed E-state index contributed by atoms with van der Waals surface area (Å²) >= 11 is 11.5. The fourth-order valence-corrected chi connectivity index (χ4v) is 2.18. The van der Waals surface area contributed by atoms with Crippen LogP contribution in [-0.4, -0.2) is 23.4 Å². The maximum Gasteiger partial charge on any atom is 0.227 e. The zero-order valence-corrected chi connectivity index (χ0v) is 10.0. The number of nitrogens with zero attached hydrogens (tertiary/aromatic N) is 1. The van der Waals surface area contributed by atoms with Crippen LogP contribution in [0.5, 0.6) is 5.75 Å². The Kier molecular flexibility index (Phi) is 3.26. The molecule has 0 radical (unpaired) electrons. The third kappa shape index (κ3) is 2.11. The van der Waals surface area contributed by atoms with Gasteiger partial charge in [0, 0.05) is 24.5 Å². The van der Waals surface area contributed by atoms with E-state index in [4.69, 9.17) is 23.2 Å². The summed E-state index contributed by atoms with van der Waals surface area (Å²) in [5.74, 6) is 0.744. The van der Waals surface area contributed by atoms with Crippen LogP contribution in [0.3, 0.4) is 0 Å². The number of anilines is 1. The van der Waals surface area contributed by atoms with Gasteiger partial charge in [0.1, 0.15) is 5.75 Å². The van der Waals surface area contributed by atoms with Crippen molar-refractivity contribution in [1.82, 2.24) is 0 Å². The number of benzene rings is 1. The topological polar surface area (TPSA) is 40.5 Å². The molecule has 16 heavy (non-hydrogen) atoms. The third-order valence-electron chi connectivity index (χ3n) is 2.67. The minimum absolute atomic E-state index is 0.0194. The third-order valence-corrected chi connectivity index (χ3v) is 3.41. The molecule has 1 aromatic carbocycles. The van der Waals surface area contributed by atoms with Crippen LogP contribution in [-0.2, 0) is 4.79 Å². The van der Waals surface area contributed by atoms with Gasteiger partial charge in [-0.05, 0) is 24.1 Å². The molecular formula is C11H11Cl2NO2. The molecule has 1 unspecified atom stereocenters. The van der Waals surface area contributed by atoms with E-state index in [2.05, 4.69) is 0 Å². The Labute approximate surface area is 104 Å². The smallest absolute Gasteiger partial charge is 0.227 e. The first-order valence-corrected chi connectivity index (χ1v) is 5.88. The molecule has 1 saturated heterocycles. The number of alkyl halides is 1. The number of halogens is 2. The predicted molar refractivity (Wildman–Crippen MR) is 64.3 cm³/mol. The highest BCUT2D eigenvalue weighted by molar-refractivity contribution is 6.32. The molecule has 1 atom stereocenters. The van der Waals surface area contributed by atoms with E-state index in [0.717, 1.165) is 0 Å². The summed E-state index contributed by atoms with van der Waals surface area (Å²) in [5, 5.41) is 9.54. The lowest BCUT2D eigenvalue weighted by atomic mass is 10.1. The number of rotatable bonds is 2. The average Bonchev–Trinajstić information content (AvgIpc) is 2.64. The fraction of sp³-hybridized carbons (Fsp3) is 0.364. The van der Waals surface area contributed by atoms with Gasteiger partial charge < -0.3 is 10.0 Å². The second kappa shape index (κ2) is 4.52. The van der Waals surface area contributed by atoms with Gasteiger partial charge in [0.15, 0.2) is 0 Å². The fourth-order valence-electron chi connectivity index (χ4n) is 1.80. The molecule has 1 aromatic rings. The van der Waals surface area contributed by atoms with Gasteiger partial charge in [0.05, 0.1) is 5.02 Å². The minimum Gasteiger partial charge on any atom is -0.506 e. The molecule has 1 aliphatic rings. The van der Waals surface area contributed by atoms with Crippen molar-refractivity contribution < 1.29 is 9.90 Å². The molecule has 3 nitrogen and oxygen atoms in total. The van der Waals surface area contributed by atoms with E-state index in [1.807, 2.05) is 0 Å². The first-order valence-electron chi connectivity index (χ1n) is 4.96. The van der Waals surface area contributed by atoms with Gasteiger partial charge in [0.2, 0.25) is 5.91 Å². The predicted octanol–water partition coefficient (Wildman–Crippen LogP) is 2.64. The monoisotopic (exact) mass is 259 g/mol. The summed E-state index contributed by atoms with van der Waals surface area (Å²) in [4.78, 5) is 13.4. The van der Waals surface area contributed by atoms with Crippen LogP contribution >= 0.6 is 23.2 Å². The number of carbonyl (C=O) groups excluding carboxylic acids is 1. The highest BCUT2D eigenvalue weighted by Gasteiger charge is 2.30. The van der Waals surface area contributed by atoms with Crippen LogP contribution in [0.1, 0.15) is 6.42 Å². The SMILES string of the molecule is O=C1CC(CCl)CN1c1ccc(O)c(Cl)c1. The van der Waals surface area contributed by atoms with Crippen molar-refractivity contribution in [3.8, 4) is 5.75 Å². The van der Waals surface area contributed by atoms with Crippen molar-refractivity contribution in [2.45, 2.75) is 6.42 Å². The van der Waals surface area contributed by atoms with Gasteiger partial charge in [-0.25, -0.2) is 0 Å². The Bertz CT molecular complexity index is 422. The number of carbonyl (C=O) groups is 1. The minimum atomic E-state index is 0.0194. The quantitative estimate of drug-likeness (QED) is 0.830. The number of phenols is 1. The van der Waals surface area contributed by atoms with Crippen LogP contribution in [0.15, 0.2) is 18.2 Å². The van der Waals surface area contributed by atoms with Crippen molar-refractivity contribution in [2.75, 3.05) is 17.3 Å². The molecule has 1 amide bonds.